The summed E-state index contributed by atoms with van der Waals surface area (Å²) in [4.78, 5) is 45.4. The second-order valence-electron chi connectivity index (χ2n) is 12.9. The molecule has 49 heavy (non-hydrogen) atoms. The molecule has 1 aliphatic carbocycles. The smallest absolute Gasteiger partial charge is 0.334 e. The molecule has 4 atom stereocenters. The van der Waals surface area contributed by atoms with Crippen molar-refractivity contribution in [2.24, 2.45) is 11.0 Å². The number of rotatable bonds is 8. The van der Waals surface area contributed by atoms with Crippen LogP contribution in [0, 0.1) is 5.92 Å². The van der Waals surface area contributed by atoms with Crippen LogP contribution in [-0.2, 0) is 29.1 Å². The Kier molecular flexibility index (Phi) is 8.79. The highest BCUT2D eigenvalue weighted by atomic mass is 16.3. The van der Waals surface area contributed by atoms with Crippen molar-refractivity contribution in [2.75, 3.05) is 32.4 Å². The number of likely N-dealkylation sites (N-methyl/N-ethyl adjacent to an activating group) is 1. The van der Waals surface area contributed by atoms with Crippen molar-refractivity contribution < 1.29 is 19.5 Å². The minimum absolute atomic E-state index is 0.0422. The Hall–Kier alpha value is -5.62. The molecule has 252 valence electrons. The van der Waals surface area contributed by atoms with Gasteiger partial charge in [-0.1, -0.05) is 72.8 Å². The zero-order valence-corrected chi connectivity index (χ0v) is 27.3. The summed E-state index contributed by atoms with van der Waals surface area (Å²) >= 11 is 0. The summed E-state index contributed by atoms with van der Waals surface area (Å²) < 4.78 is 0. The number of phenols is 1. The second kappa shape index (κ2) is 13.5. The zero-order chi connectivity index (χ0) is 34.1. The number of nitrogens with one attached hydrogen (secondary N) is 1. The van der Waals surface area contributed by atoms with Gasteiger partial charge in [0, 0.05) is 44.4 Å². The Labute approximate surface area is 285 Å². The van der Waals surface area contributed by atoms with Gasteiger partial charge < -0.3 is 26.0 Å². The molecule has 2 fully saturated rings. The lowest BCUT2D eigenvalue weighted by molar-refractivity contribution is -0.186. The highest BCUT2D eigenvalue weighted by molar-refractivity contribution is 5.92. The van der Waals surface area contributed by atoms with E-state index in [9.17, 15) is 19.5 Å². The maximum Gasteiger partial charge on any atom is 0.334 e. The van der Waals surface area contributed by atoms with Crippen molar-refractivity contribution in [1.82, 2.24) is 30.1 Å². The van der Waals surface area contributed by atoms with Gasteiger partial charge in [-0.15, -0.1) is 0 Å². The number of benzene rings is 3. The number of carbonyl (C=O) groups excluding carboxylic acids is 3. The first-order chi connectivity index (χ1) is 23.7. The van der Waals surface area contributed by atoms with Crippen LogP contribution in [0.1, 0.15) is 16.7 Å². The molecule has 0 radical (unpaired) electrons. The molecule has 3 aromatic carbocycles. The van der Waals surface area contributed by atoms with Gasteiger partial charge in [0.05, 0.1) is 25.7 Å². The minimum Gasteiger partial charge on any atom is -0.508 e. The van der Waals surface area contributed by atoms with Crippen molar-refractivity contribution in [2.45, 2.75) is 37.8 Å². The number of hydrogen-bond acceptors (Lipinski definition) is 8. The fraction of sp³-hybridized carbons (Fsp3) is 0.297. The Morgan fingerprint density at radius 3 is 2.45 bits per heavy atom. The molecule has 3 aliphatic heterocycles. The standard InChI is InChI=1S/C37H40N8O4/c1-41-24-34(47)44-32(18-25-12-16-31(46)17-13-25)36(48)42(23-33(44)45(41)37(49)39-19-26-6-3-2-4-7-26)22-29-9-5-8-28-20-40-43(35(28)29)21-27-10-14-30(38)15-11-27/h2-17,20,28,32-33,35,46H,18-19,21-24,38H2,1H3,(H,39,49)/t28?,32-,33-,35?/m0/s1. The van der Waals surface area contributed by atoms with Crippen LogP contribution in [0.25, 0.3) is 0 Å². The molecular formula is C37H40N8O4. The summed E-state index contributed by atoms with van der Waals surface area (Å²) in [7, 11) is 1.72. The van der Waals surface area contributed by atoms with E-state index in [0.717, 1.165) is 22.3 Å². The zero-order valence-electron chi connectivity index (χ0n) is 27.3. The van der Waals surface area contributed by atoms with E-state index in [4.69, 9.17) is 10.8 Å². The normalized spacial score (nSPS) is 23.4. The van der Waals surface area contributed by atoms with Crippen LogP contribution in [0.2, 0.25) is 0 Å². The number of carbonyl (C=O) groups is 3. The number of amides is 4. The molecule has 12 nitrogen and oxygen atoms in total. The Morgan fingerprint density at radius 2 is 1.69 bits per heavy atom. The van der Waals surface area contributed by atoms with E-state index in [-0.39, 0.29) is 55.1 Å². The van der Waals surface area contributed by atoms with Gasteiger partial charge in [0.2, 0.25) is 11.8 Å². The molecule has 0 saturated carbocycles. The van der Waals surface area contributed by atoms with Gasteiger partial charge in [-0.2, -0.15) is 5.10 Å². The maximum absolute atomic E-state index is 14.5. The lowest BCUT2D eigenvalue weighted by Crippen LogP contribution is -2.76. The number of nitrogens with zero attached hydrogens (tertiary/aromatic N) is 6. The number of phenolic OH excluding ortho intramolecular Hbond substituents is 1. The molecule has 0 aromatic heterocycles. The topological polar surface area (TPSA) is 138 Å². The number of hydrazine groups is 1. The van der Waals surface area contributed by atoms with Crippen molar-refractivity contribution in [3.8, 4) is 5.75 Å². The molecular weight excluding hydrogens is 620 g/mol. The summed E-state index contributed by atoms with van der Waals surface area (Å²) in [5, 5.41) is 22.9. The average molecular weight is 661 g/mol. The first-order valence-corrected chi connectivity index (χ1v) is 16.5. The molecule has 4 aliphatic rings. The fourth-order valence-electron chi connectivity index (χ4n) is 7.19. The number of hydrazone groups is 1. The molecule has 3 heterocycles. The molecule has 12 heteroatoms. The van der Waals surface area contributed by atoms with Crippen molar-refractivity contribution in [3.63, 3.8) is 0 Å². The number of fused-ring (bicyclic) bond motifs is 2. The Balaban J connectivity index is 1.17. The van der Waals surface area contributed by atoms with Gasteiger partial charge in [0.1, 0.15) is 18.0 Å². The Morgan fingerprint density at radius 1 is 0.959 bits per heavy atom. The summed E-state index contributed by atoms with van der Waals surface area (Å²) in [6.45, 7) is 1.28. The van der Waals surface area contributed by atoms with Crippen molar-refractivity contribution >= 4 is 29.7 Å². The third kappa shape index (κ3) is 6.59. The number of piperazine rings is 1. The third-order valence-corrected chi connectivity index (χ3v) is 9.59. The van der Waals surface area contributed by atoms with Crippen molar-refractivity contribution in [3.05, 3.63) is 119 Å². The number of allylic oxidation sites excluding steroid dienone is 2. The van der Waals surface area contributed by atoms with Crippen LogP contribution in [0.15, 0.2) is 108 Å². The summed E-state index contributed by atoms with van der Waals surface area (Å²) in [6.07, 6.45) is 7.60. The third-order valence-electron chi connectivity index (χ3n) is 9.59. The molecule has 4 amide bonds. The van der Waals surface area contributed by atoms with Crippen LogP contribution in [0.5, 0.6) is 5.75 Å². The van der Waals surface area contributed by atoms with Crippen LogP contribution < -0.4 is 11.1 Å². The van der Waals surface area contributed by atoms with Crippen LogP contribution in [-0.4, -0.2) is 98.9 Å². The monoisotopic (exact) mass is 660 g/mol. The number of nitrogens with two attached hydrogens (primary N) is 1. The lowest BCUT2D eigenvalue weighted by atomic mass is 9.88. The van der Waals surface area contributed by atoms with Crippen LogP contribution in [0.3, 0.4) is 0 Å². The highest BCUT2D eigenvalue weighted by Crippen LogP contribution is 2.33. The van der Waals surface area contributed by atoms with E-state index < -0.39 is 12.2 Å². The van der Waals surface area contributed by atoms with Gasteiger partial charge in [0.15, 0.2) is 0 Å². The maximum atomic E-state index is 14.5. The van der Waals surface area contributed by atoms with E-state index in [1.54, 1.807) is 51.1 Å². The molecule has 7 rings (SSSR count). The quantitative estimate of drug-likeness (QED) is 0.316. The molecule has 0 spiro atoms. The molecule has 4 N–H and O–H groups in total. The van der Waals surface area contributed by atoms with E-state index in [1.165, 1.54) is 0 Å². The van der Waals surface area contributed by atoms with E-state index >= 15 is 0 Å². The predicted octanol–water partition coefficient (Wildman–Crippen LogP) is 2.94. The fourth-order valence-corrected chi connectivity index (χ4v) is 7.19. The number of nitrogen functional groups attached to an aromatic ring is 1. The predicted molar refractivity (Wildman–Crippen MR) is 185 cm³/mol. The average Bonchev–Trinajstić information content (AvgIpc) is 3.51. The molecule has 0 bridgehead atoms. The second-order valence-corrected chi connectivity index (χ2v) is 12.9. The first-order valence-electron chi connectivity index (χ1n) is 16.5. The van der Waals surface area contributed by atoms with E-state index in [1.807, 2.05) is 78.0 Å². The van der Waals surface area contributed by atoms with E-state index in [0.29, 0.717) is 25.3 Å². The number of hydrogen-bond donors (Lipinski definition) is 3. The highest BCUT2D eigenvalue weighted by Gasteiger charge is 2.51. The molecule has 2 saturated heterocycles. The van der Waals surface area contributed by atoms with Gasteiger partial charge in [-0.3, -0.25) is 14.6 Å². The number of aromatic hydroxyl groups is 1. The van der Waals surface area contributed by atoms with Gasteiger partial charge in [-0.05, 0) is 46.5 Å². The molecule has 3 aromatic rings. The van der Waals surface area contributed by atoms with Gasteiger partial charge >= 0.3 is 6.03 Å². The SMILES string of the molecule is CN1CC(=O)N2[C@@H](Cc3ccc(O)cc3)C(=O)N(CC3=CC=CC4C=NN(Cc5ccc(N)cc5)C34)C[C@@H]2N1C(=O)NCc1ccccc1. The summed E-state index contributed by atoms with van der Waals surface area (Å²) in [5.74, 6) is -0.261. The largest absolute Gasteiger partial charge is 0.508 e. The van der Waals surface area contributed by atoms with Gasteiger partial charge in [-0.25, -0.2) is 14.8 Å². The lowest BCUT2D eigenvalue weighted by Gasteiger charge is -2.54. The van der Waals surface area contributed by atoms with Crippen molar-refractivity contribution in [1.29, 1.82) is 0 Å². The van der Waals surface area contributed by atoms with E-state index in [2.05, 4.69) is 11.4 Å². The van der Waals surface area contributed by atoms with Crippen LogP contribution >= 0.6 is 0 Å². The number of anilines is 1. The van der Waals surface area contributed by atoms with Crippen LogP contribution in [0.4, 0.5) is 10.5 Å². The minimum atomic E-state index is -0.852. The first kappa shape index (κ1) is 32.0. The number of urea groups is 1. The Bertz CT molecular complexity index is 1790. The molecule has 2 unspecified atom stereocenters. The summed E-state index contributed by atoms with van der Waals surface area (Å²) in [6, 6.07) is 22.7. The van der Waals surface area contributed by atoms with Gasteiger partial charge in [0.25, 0.3) is 0 Å². The summed E-state index contributed by atoms with van der Waals surface area (Å²) in [5.41, 5.74) is 10.4.